The van der Waals surface area contributed by atoms with Crippen LogP contribution in [-0.2, 0) is 16.1 Å². The lowest BCUT2D eigenvalue weighted by Crippen LogP contribution is -2.24. The van der Waals surface area contributed by atoms with Crippen LogP contribution in [-0.4, -0.2) is 31.8 Å². The molecule has 0 saturated heterocycles. The molecule has 2 heterocycles. The minimum Gasteiger partial charge on any atom is -0.370 e. The van der Waals surface area contributed by atoms with E-state index in [1.54, 1.807) is 11.5 Å². The number of hydrogen-bond donors (Lipinski definition) is 2. The summed E-state index contributed by atoms with van der Waals surface area (Å²) in [6.07, 6.45) is 0.0744. The first-order valence-corrected chi connectivity index (χ1v) is 10.3. The fraction of sp³-hybridized carbons (Fsp3) is 0.222. The quantitative estimate of drug-likeness (QED) is 0.527. The molecule has 0 saturated carbocycles. The number of aromatic nitrogens is 3. The van der Waals surface area contributed by atoms with Gasteiger partial charge in [0.05, 0.1) is 10.1 Å². The number of carbonyl (C=O) groups excluding carboxylic acids is 2. The van der Waals surface area contributed by atoms with Gasteiger partial charge in [0, 0.05) is 13.0 Å². The number of thiophene rings is 1. The first kappa shape index (κ1) is 20.9. The maximum absolute atomic E-state index is 13.8. The standard InChI is InChI=1S/C18H17F2N5O2S2/c1-10(17(27)22-15-11(19)4-2-5-12(15)20)29-18-24-23-16(13-6-3-9-28-13)25(18)8-7-14(21)26/h2-6,9-10H,7-8H2,1H3,(H2,21,26)(H,22,27). The number of rotatable bonds is 8. The first-order chi connectivity index (χ1) is 13.9. The molecule has 3 aromatic rings. The average molecular weight is 437 g/mol. The Morgan fingerprint density at radius 3 is 2.59 bits per heavy atom. The van der Waals surface area contributed by atoms with E-state index >= 15 is 0 Å². The second kappa shape index (κ2) is 9.14. The van der Waals surface area contributed by atoms with E-state index in [9.17, 15) is 18.4 Å². The number of carbonyl (C=O) groups is 2. The zero-order chi connectivity index (χ0) is 21.0. The van der Waals surface area contributed by atoms with E-state index in [0.717, 1.165) is 28.8 Å². The Kier molecular flexibility index (Phi) is 6.60. The van der Waals surface area contributed by atoms with Crippen molar-refractivity contribution in [3.8, 4) is 10.7 Å². The maximum atomic E-state index is 13.8. The minimum atomic E-state index is -0.861. The van der Waals surface area contributed by atoms with Gasteiger partial charge in [-0.15, -0.1) is 21.5 Å². The molecule has 1 atom stereocenters. The molecule has 0 bridgehead atoms. The largest absolute Gasteiger partial charge is 0.370 e. The van der Waals surface area contributed by atoms with Gasteiger partial charge in [-0.3, -0.25) is 9.59 Å². The van der Waals surface area contributed by atoms with Gasteiger partial charge in [0.2, 0.25) is 11.8 Å². The summed E-state index contributed by atoms with van der Waals surface area (Å²) >= 11 is 2.52. The van der Waals surface area contributed by atoms with Crippen molar-refractivity contribution < 1.29 is 18.4 Å². The molecule has 152 valence electrons. The molecule has 3 N–H and O–H groups in total. The van der Waals surface area contributed by atoms with Crippen molar-refractivity contribution in [1.29, 1.82) is 0 Å². The number of anilines is 1. The van der Waals surface area contributed by atoms with Gasteiger partial charge >= 0.3 is 0 Å². The molecule has 7 nitrogen and oxygen atoms in total. The van der Waals surface area contributed by atoms with E-state index in [1.807, 2.05) is 17.5 Å². The van der Waals surface area contributed by atoms with Crippen LogP contribution in [0.1, 0.15) is 13.3 Å². The van der Waals surface area contributed by atoms with Crippen molar-refractivity contribution >= 4 is 40.6 Å². The van der Waals surface area contributed by atoms with Crippen LogP contribution in [0.4, 0.5) is 14.5 Å². The SMILES string of the molecule is CC(Sc1nnc(-c2cccs2)n1CCC(N)=O)C(=O)Nc1c(F)cccc1F. The maximum Gasteiger partial charge on any atom is 0.237 e. The van der Waals surface area contributed by atoms with Crippen LogP contribution in [0.5, 0.6) is 0 Å². The molecule has 0 aliphatic carbocycles. The van der Waals surface area contributed by atoms with Crippen molar-refractivity contribution in [2.24, 2.45) is 5.73 Å². The molecule has 2 aromatic heterocycles. The highest BCUT2D eigenvalue weighted by atomic mass is 32.2. The van der Waals surface area contributed by atoms with Gasteiger partial charge in [-0.1, -0.05) is 23.9 Å². The Morgan fingerprint density at radius 1 is 1.24 bits per heavy atom. The Labute approximate surface area is 173 Å². The Balaban J connectivity index is 1.79. The fourth-order valence-electron chi connectivity index (χ4n) is 2.44. The molecule has 2 amide bonds. The summed E-state index contributed by atoms with van der Waals surface area (Å²) in [4.78, 5) is 24.5. The van der Waals surface area contributed by atoms with Gasteiger partial charge in [-0.25, -0.2) is 8.78 Å². The number of nitrogens with two attached hydrogens (primary N) is 1. The third-order valence-corrected chi connectivity index (χ3v) is 5.85. The van der Waals surface area contributed by atoms with Crippen LogP contribution in [0.15, 0.2) is 40.9 Å². The lowest BCUT2D eigenvalue weighted by atomic mass is 10.3. The number of halogens is 2. The van der Waals surface area contributed by atoms with Crippen LogP contribution < -0.4 is 11.1 Å². The number of nitrogens with one attached hydrogen (secondary N) is 1. The lowest BCUT2D eigenvalue weighted by Gasteiger charge is -2.14. The predicted molar refractivity (Wildman–Crippen MR) is 107 cm³/mol. The smallest absolute Gasteiger partial charge is 0.237 e. The summed E-state index contributed by atoms with van der Waals surface area (Å²) in [7, 11) is 0. The third kappa shape index (κ3) is 4.98. The average Bonchev–Trinajstić information content (AvgIpc) is 3.32. The van der Waals surface area contributed by atoms with Gasteiger partial charge in [0.1, 0.15) is 17.3 Å². The van der Waals surface area contributed by atoms with Crippen LogP contribution >= 0.6 is 23.1 Å². The highest BCUT2D eigenvalue weighted by molar-refractivity contribution is 8.00. The van der Waals surface area contributed by atoms with Gasteiger partial charge < -0.3 is 15.6 Å². The molecule has 1 aromatic carbocycles. The summed E-state index contributed by atoms with van der Waals surface area (Å²) in [5, 5.41) is 12.1. The number of amides is 2. The monoisotopic (exact) mass is 437 g/mol. The molecule has 0 fully saturated rings. The topological polar surface area (TPSA) is 103 Å². The number of nitrogens with zero attached hydrogens (tertiary/aromatic N) is 3. The van der Waals surface area contributed by atoms with Gasteiger partial charge in [-0.2, -0.15) is 0 Å². The second-order valence-electron chi connectivity index (χ2n) is 6.00. The normalized spacial score (nSPS) is 12.0. The van der Waals surface area contributed by atoms with E-state index in [2.05, 4.69) is 15.5 Å². The number of benzene rings is 1. The Bertz CT molecular complexity index is 1000. The first-order valence-electron chi connectivity index (χ1n) is 8.53. The molecule has 0 radical (unpaired) electrons. The minimum absolute atomic E-state index is 0.0744. The van der Waals surface area contributed by atoms with Crippen molar-refractivity contribution in [1.82, 2.24) is 14.8 Å². The summed E-state index contributed by atoms with van der Waals surface area (Å²) < 4.78 is 29.2. The number of thioether (sulfide) groups is 1. The highest BCUT2D eigenvalue weighted by Crippen LogP contribution is 2.30. The molecule has 3 rings (SSSR count). The van der Waals surface area contributed by atoms with Gasteiger partial charge in [-0.05, 0) is 30.5 Å². The Hall–Kier alpha value is -2.79. The zero-order valence-corrected chi connectivity index (χ0v) is 16.9. The van der Waals surface area contributed by atoms with E-state index in [-0.39, 0.29) is 13.0 Å². The van der Waals surface area contributed by atoms with Crippen molar-refractivity contribution in [2.45, 2.75) is 30.3 Å². The summed E-state index contributed by atoms with van der Waals surface area (Å²) in [5.74, 6) is -2.24. The molecular weight excluding hydrogens is 420 g/mol. The zero-order valence-electron chi connectivity index (χ0n) is 15.3. The summed E-state index contributed by atoms with van der Waals surface area (Å²) in [6.45, 7) is 1.82. The highest BCUT2D eigenvalue weighted by Gasteiger charge is 2.23. The Morgan fingerprint density at radius 2 is 1.97 bits per heavy atom. The predicted octanol–water partition coefficient (Wildman–Crippen LogP) is 3.28. The molecular formula is C18H17F2N5O2S2. The van der Waals surface area contributed by atoms with Crippen molar-refractivity contribution in [2.75, 3.05) is 5.32 Å². The molecule has 0 aliphatic rings. The lowest BCUT2D eigenvalue weighted by molar-refractivity contribution is -0.118. The van der Waals surface area contributed by atoms with Crippen LogP contribution in [0.3, 0.4) is 0 Å². The van der Waals surface area contributed by atoms with Crippen molar-refractivity contribution in [3.63, 3.8) is 0 Å². The molecule has 11 heteroatoms. The van der Waals surface area contributed by atoms with Crippen molar-refractivity contribution in [3.05, 3.63) is 47.3 Å². The van der Waals surface area contributed by atoms with E-state index in [0.29, 0.717) is 11.0 Å². The molecule has 0 spiro atoms. The molecule has 1 unspecified atom stereocenters. The van der Waals surface area contributed by atoms with E-state index < -0.39 is 34.4 Å². The van der Waals surface area contributed by atoms with Crippen LogP contribution in [0.2, 0.25) is 0 Å². The fourth-order valence-corrected chi connectivity index (χ4v) is 4.03. The third-order valence-electron chi connectivity index (χ3n) is 3.90. The number of primary amides is 1. The summed E-state index contributed by atoms with van der Waals surface area (Å²) in [5.41, 5.74) is 4.76. The molecule has 29 heavy (non-hydrogen) atoms. The van der Waals surface area contributed by atoms with Crippen LogP contribution in [0.25, 0.3) is 10.7 Å². The number of hydrogen-bond acceptors (Lipinski definition) is 6. The number of para-hydroxylation sites is 1. The van der Waals surface area contributed by atoms with Gasteiger partial charge in [0.25, 0.3) is 0 Å². The second-order valence-corrected chi connectivity index (χ2v) is 8.25. The van der Waals surface area contributed by atoms with Crippen LogP contribution in [0, 0.1) is 11.6 Å². The van der Waals surface area contributed by atoms with Gasteiger partial charge in [0.15, 0.2) is 11.0 Å². The molecule has 0 aliphatic heterocycles. The van der Waals surface area contributed by atoms with E-state index in [1.165, 1.54) is 17.4 Å². The van der Waals surface area contributed by atoms with E-state index in [4.69, 9.17) is 5.73 Å². The summed E-state index contributed by atoms with van der Waals surface area (Å²) in [6, 6.07) is 7.06.